The molecule has 5 heteroatoms. The van der Waals surface area contributed by atoms with Crippen LogP contribution in [0.3, 0.4) is 0 Å². The molecule has 274 valence electrons. The second-order valence-electron chi connectivity index (χ2n) is 15.3. The van der Waals surface area contributed by atoms with Crippen molar-refractivity contribution in [3.05, 3.63) is 194 Å². The van der Waals surface area contributed by atoms with E-state index in [1.54, 1.807) is 0 Å². The van der Waals surface area contributed by atoms with Gasteiger partial charge in [0.2, 0.25) is 0 Å². The highest BCUT2D eigenvalue weighted by Crippen LogP contribution is 2.45. The van der Waals surface area contributed by atoms with Gasteiger partial charge in [0.1, 0.15) is 11.2 Å². The first-order chi connectivity index (χ1) is 29.3. The fraction of sp³-hybridized carbons (Fsp3) is 0. The van der Waals surface area contributed by atoms with Gasteiger partial charge in [-0.2, -0.15) is 0 Å². The molecular weight excluding hydrogens is 721 g/mol. The Hall–Kier alpha value is -8.02. The average Bonchev–Trinajstić information content (AvgIpc) is 3.95. The Balaban J connectivity index is 1.09. The van der Waals surface area contributed by atoms with E-state index < -0.39 is 0 Å². The van der Waals surface area contributed by atoms with Crippen molar-refractivity contribution in [1.82, 2.24) is 19.1 Å². The molecule has 0 aliphatic rings. The van der Waals surface area contributed by atoms with E-state index >= 15 is 0 Å². The SMILES string of the molecule is c1ccc(-c2nc(-c3ccc(-n4c5cc6oc7ccccc7c6cc5c5c6c7ccccc7n(-c7cccc8ccccc78)c6ccc54)cc3)nc3ccccc23)cc1. The Labute approximate surface area is 337 Å². The quantitative estimate of drug-likeness (QED) is 0.180. The van der Waals surface area contributed by atoms with Gasteiger partial charge < -0.3 is 13.6 Å². The van der Waals surface area contributed by atoms with Crippen LogP contribution in [0.4, 0.5) is 0 Å². The standard InChI is InChI=1S/C54H32N4O/c1-2-14-34(15-3-1)53-39-19-6-9-21-43(39)55-54(56-53)35-25-27-36(28-26-35)57-46-29-30-47-51(52(46)42-31-41-38-18-8-11-24-49(38)59-50(41)32-48(42)57)40-20-7-10-22-45(40)58(47)44-23-12-16-33-13-4-5-17-37(33)44/h1-32H. The van der Waals surface area contributed by atoms with Gasteiger partial charge in [-0.3, -0.25) is 0 Å². The van der Waals surface area contributed by atoms with Crippen molar-refractivity contribution in [1.29, 1.82) is 0 Å². The van der Waals surface area contributed by atoms with Crippen molar-refractivity contribution in [3.63, 3.8) is 0 Å². The summed E-state index contributed by atoms with van der Waals surface area (Å²) in [6.45, 7) is 0. The average molecular weight is 753 g/mol. The molecule has 0 fully saturated rings. The van der Waals surface area contributed by atoms with Crippen LogP contribution in [0.1, 0.15) is 0 Å². The first kappa shape index (κ1) is 32.1. The summed E-state index contributed by atoms with van der Waals surface area (Å²) in [5.74, 6) is 0.697. The maximum atomic E-state index is 6.53. The highest BCUT2D eigenvalue weighted by Gasteiger charge is 2.23. The first-order valence-electron chi connectivity index (χ1n) is 20.0. The summed E-state index contributed by atoms with van der Waals surface area (Å²) in [5.41, 5.74) is 12.4. The maximum absolute atomic E-state index is 6.53. The van der Waals surface area contributed by atoms with Crippen molar-refractivity contribution in [2.24, 2.45) is 0 Å². The summed E-state index contributed by atoms with van der Waals surface area (Å²) in [6, 6.07) is 68.9. The van der Waals surface area contributed by atoms with Gasteiger partial charge in [0.25, 0.3) is 0 Å². The molecule has 0 amide bonds. The smallest absolute Gasteiger partial charge is 0.160 e. The lowest BCUT2D eigenvalue weighted by Crippen LogP contribution is -1.97. The van der Waals surface area contributed by atoms with Gasteiger partial charge in [0, 0.05) is 66.0 Å². The van der Waals surface area contributed by atoms with E-state index in [9.17, 15) is 0 Å². The zero-order valence-electron chi connectivity index (χ0n) is 31.7. The number of rotatable bonds is 4. The number of hydrogen-bond donors (Lipinski definition) is 0. The van der Waals surface area contributed by atoms with Gasteiger partial charge in [0.05, 0.1) is 39.0 Å². The molecule has 59 heavy (non-hydrogen) atoms. The summed E-state index contributed by atoms with van der Waals surface area (Å²) >= 11 is 0. The molecule has 0 bridgehead atoms. The number of furan rings is 1. The monoisotopic (exact) mass is 752 g/mol. The van der Waals surface area contributed by atoms with Crippen molar-refractivity contribution in [3.8, 4) is 34.0 Å². The van der Waals surface area contributed by atoms with Gasteiger partial charge in [-0.1, -0.05) is 121 Å². The fourth-order valence-electron chi connectivity index (χ4n) is 9.51. The second-order valence-corrected chi connectivity index (χ2v) is 15.3. The number of hydrogen-bond acceptors (Lipinski definition) is 3. The van der Waals surface area contributed by atoms with Crippen LogP contribution in [0, 0.1) is 0 Å². The van der Waals surface area contributed by atoms with Crippen LogP contribution < -0.4 is 0 Å². The van der Waals surface area contributed by atoms with E-state index in [0.717, 1.165) is 66.4 Å². The Bertz CT molecular complexity index is 3830. The molecule has 0 spiro atoms. The molecule has 0 aliphatic carbocycles. The zero-order chi connectivity index (χ0) is 38.6. The third kappa shape index (κ3) is 4.67. The highest BCUT2D eigenvalue weighted by molar-refractivity contribution is 6.30. The van der Waals surface area contributed by atoms with Crippen LogP contribution in [0.2, 0.25) is 0 Å². The van der Waals surface area contributed by atoms with Gasteiger partial charge >= 0.3 is 0 Å². The maximum Gasteiger partial charge on any atom is 0.160 e. The van der Waals surface area contributed by atoms with Gasteiger partial charge in [0.15, 0.2) is 5.82 Å². The highest BCUT2D eigenvalue weighted by atomic mass is 16.3. The topological polar surface area (TPSA) is 48.8 Å². The fourth-order valence-corrected chi connectivity index (χ4v) is 9.51. The largest absolute Gasteiger partial charge is 0.456 e. The second kappa shape index (κ2) is 12.2. The van der Waals surface area contributed by atoms with Crippen molar-refractivity contribution in [2.75, 3.05) is 0 Å². The molecule has 13 aromatic rings. The van der Waals surface area contributed by atoms with Gasteiger partial charge in [-0.25, -0.2) is 9.97 Å². The van der Waals surface area contributed by atoms with E-state index in [0.29, 0.717) is 5.82 Å². The molecule has 4 heterocycles. The molecule has 0 saturated heterocycles. The third-order valence-electron chi connectivity index (χ3n) is 12.1. The molecule has 0 N–H and O–H groups in total. The lowest BCUT2D eigenvalue weighted by molar-refractivity contribution is 0.669. The Morgan fingerprint density at radius 3 is 1.92 bits per heavy atom. The van der Waals surface area contributed by atoms with E-state index in [4.69, 9.17) is 14.4 Å². The number of para-hydroxylation sites is 3. The lowest BCUT2D eigenvalue weighted by atomic mass is 10.0. The normalized spacial score (nSPS) is 12.1. The Kier molecular flexibility index (Phi) is 6.66. The molecule has 5 nitrogen and oxygen atoms in total. The minimum Gasteiger partial charge on any atom is -0.456 e. The van der Waals surface area contributed by atoms with E-state index in [-0.39, 0.29) is 0 Å². The van der Waals surface area contributed by atoms with Gasteiger partial charge in [-0.05, 0) is 72.1 Å². The Morgan fingerprint density at radius 2 is 1.05 bits per heavy atom. The minimum atomic E-state index is 0.697. The molecule has 13 rings (SSSR count). The van der Waals surface area contributed by atoms with Crippen LogP contribution in [0.25, 0.3) is 121 Å². The van der Waals surface area contributed by atoms with Crippen molar-refractivity contribution < 1.29 is 4.42 Å². The molecular formula is C54H32N4O. The lowest BCUT2D eigenvalue weighted by Gasteiger charge is -2.12. The number of benzene rings is 9. The minimum absolute atomic E-state index is 0.697. The van der Waals surface area contributed by atoms with Crippen molar-refractivity contribution in [2.45, 2.75) is 0 Å². The van der Waals surface area contributed by atoms with Crippen LogP contribution in [0.15, 0.2) is 199 Å². The van der Waals surface area contributed by atoms with Crippen molar-refractivity contribution >= 4 is 87.2 Å². The van der Waals surface area contributed by atoms with Crippen LogP contribution in [0.5, 0.6) is 0 Å². The molecule has 0 atom stereocenters. The summed E-state index contributed by atoms with van der Waals surface area (Å²) in [4.78, 5) is 10.2. The third-order valence-corrected chi connectivity index (χ3v) is 12.1. The molecule has 9 aromatic carbocycles. The van der Waals surface area contributed by atoms with Crippen LogP contribution >= 0.6 is 0 Å². The summed E-state index contributed by atoms with van der Waals surface area (Å²) in [6.07, 6.45) is 0. The predicted molar refractivity (Wildman–Crippen MR) is 244 cm³/mol. The molecule has 4 aromatic heterocycles. The summed E-state index contributed by atoms with van der Waals surface area (Å²) in [7, 11) is 0. The first-order valence-corrected chi connectivity index (χ1v) is 20.0. The van der Waals surface area contributed by atoms with E-state index in [1.165, 1.54) is 49.0 Å². The molecule has 0 saturated carbocycles. The zero-order valence-corrected chi connectivity index (χ0v) is 31.7. The van der Waals surface area contributed by atoms with Crippen LogP contribution in [-0.4, -0.2) is 19.1 Å². The predicted octanol–water partition coefficient (Wildman–Crippen LogP) is 14.2. The molecule has 0 unspecified atom stereocenters. The summed E-state index contributed by atoms with van der Waals surface area (Å²) < 4.78 is 11.4. The molecule has 0 radical (unpaired) electrons. The Morgan fingerprint density at radius 1 is 0.373 bits per heavy atom. The van der Waals surface area contributed by atoms with Gasteiger partial charge in [-0.15, -0.1) is 0 Å². The number of nitrogens with zero attached hydrogens (tertiary/aromatic N) is 4. The number of fused-ring (bicyclic) bond motifs is 12. The summed E-state index contributed by atoms with van der Waals surface area (Å²) in [5, 5.41) is 10.6. The number of aromatic nitrogens is 4. The van der Waals surface area contributed by atoms with E-state index in [1.807, 2.05) is 24.3 Å². The van der Waals surface area contributed by atoms with Crippen LogP contribution in [-0.2, 0) is 0 Å². The van der Waals surface area contributed by atoms with E-state index in [2.05, 4.69) is 179 Å². The molecule has 0 aliphatic heterocycles.